The molecule has 2 aliphatic rings. The molecule has 2 unspecified atom stereocenters. The predicted octanol–water partition coefficient (Wildman–Crippen LogP) is 2.10. The second-order valence-electron chi connectivity index (χ2n) is 6.53. The van der Waals surface area contributed by atoms with Crippen LogP contribution >= 0.6 is 0 Å². The number of benzene rings is 1. The fourth-order valence-corrected chi connectivity index (χ4v) is 3.70. The maximum absolute atomic E-state index is 12.7. The van der Waals surface area contributed by atoms with Crippen molar-refractivity contribution in [2.45, 2.75) is 38.3 Å². The number of amides is 2. The van der Waals surface area contributed by atoms with Gasteiger partial charge in [-0.2, -0.15) is 0 Å². The Hall–Kier alpha value is -1.59. The summed E-state index contributed by atoms with van der Waals surface area (Å²) in [7, 11) is 0. The summed E-state index contributed by atoms with van der Waals surface area (Å²) in [4.78, 5) is 14.5. The number of nitrogens with one attached hydrogen (secondary N) is 1. The van der Waals surface area contributed by atoms with Crippen molar-refractivity contribution in [3.63, 3.8) is 0 Å². The highest BCUT2D eigenvalue weighted by molar-refractivity contribution is 5.75. The molecule has 1 aromatic rings. The van der Waals surface area contributed by atoms with E-state index >= 15 is 0 Å². The minimum atomic E-state index is -0.248. The van der Waals surface area contributed by atoms with Gasteiger partial charge < -0.3 is 20.1 Å². The maximum atomic E-state index is 12.7. The zero-order valence-corrected chi connectivity index (χ0v) is 13.7. The molecule has 2 N–H and O–H groups in total. The smallest absolute Gasteiger partial charge is 0.318 e. The number of hydrogen-bond donors (Lipinski definition) is 2. The zero-order chi connectivity index (χ0) is 16.2. The normalized spacial score (nSPS) is 23.2. The minimum absolute atomic E-state index is 0.0456. The Morgan fingerprint density at radius 1 is 1.39 bits per heavy atom. The van der Waals surface area contributed by atoms with E-state index in [1.165, 1.54) is 5.56 Å². The van der Waals surface area contributed by atoms with Gasteiger partial charge in [-0.3, -0.25) is 0 Å². The fourth-order valence-electron chi connectivity index (χ4n) is 3.70. The van der Waals surface area contributed by atoms with Crippen molar-refractivity contribution < 1.29 is 14.6 Å². The number of aliphatic hydroxyl groups excluding tert-OH is 1. The number of fused-ring (bicyclic) bond motifs is 1. The molecule has 0 aromatic heterocycles. The van der Waals surface area contributed by atoms with Crippen LogP contribution in [0.3, 0.4) is 0 Å². The third-order valence-electron chi connectivity index (χ3n) is 5.17. The first kappa shape index (κ1) is 16.3. The summed E-state index contributed by atoms with van der Waals surface area (Å²) in [5.74, 6) is 0.470. The molecular weight excluding hydrogens is 292 g/mol. The van der Waals surface area contributed by atoms with Crippen LogP contribution in [0, 0.1) is 5.92 Å². The van der Waals surface area contributed by atoms with Crippen LogP contribution in [0.4, 0.5) is 4.79 Å². The van der Waals surface area contributed by atoms with E-state index in [9.17, 15) is 9.90 Å². The molecule has 126 valence electrons. The van der Waals surface area contributed by atoms with E-state index in [2.05, 4.69) is 18.3 Å². The first-order valence-corrected chi connectivity index (χ1v) is 8.54. The average Bonchev–Trinajstić information content (AvgIpc) is 2.61. The lowest BCUT2D eigenvalue weighted by molar-refractivity contribution is 0.0550. The van der Waals surface area contributed by atoms with Gasteiger partial charge in [0.1, 0.15) is 0 Å². The molecule has 1 saturated heterocycles. The predicted molar refractivity (Wildman–Crippen MR) is 88.2 cm³/mol. The van der Waals surface area contributed by atoms with Crippen LogP contribution in [0.2, 0.25) is 0 Å². The number of hydrogen-bond acceptors (Lipinski definition) is 3. The molecule has 0 aliphatic carbocycles. The largest absolute Gasteiger partial charge is 0.394 e. The molecule has 0 bridgehead atoms. The lowest BCUT2D eigenvalue weighted by atomic mass is 9.92. The van der Waals surface area contributed by atoms with Crippen LogP contribution in [-0.2, 0) is 11.2 Å². The Balaban J connectivity index is 1.67. The van der Waals surface area contributed by atoms with Crippen LogP contribution in [0.5, 0.6) is 0 Å². The van der Waals surface area contributed by atoms with Crippen molar-refractivity contribution in [2.75, 3.05) is 26.4 Å². The molecule has 5 nitrogen and oxygen atoms in total. The number of carbonyl (C=O) groups is 1. The van der Waals surface area contributed by atoms with E-state index in [1.807, 2.05) is 18.2 Å². The first-order chi connectivity index (χ1) is 11.2. The number of rotatable bonds is 3. The van der Waals surface area contributed by atoms with Crippen molar-refractivity contribution in [2.24, 2.45) is 5.92 Å². The topological polar surface area (TPSA) is 61.8 Å². The van der Waals surface area contributed by atoms with Gasteiger partial charge in [-0.25, -0.2) is 4.79 Å². The second-order valence-corrected chi connectivity index (χ2v) is 6.53. The number of ether oxygens (including phenoxy) is 1. The Morgan fingerprint density at radius 3 is 2.87 bits per heavy atom. The van der Waals surface area contributed by atoms with Crippen molar-refractivity contribution in [1.82, 2.24) is 10.2 Å². The SMILES string of the molecule is CC(NC(=O)N1CCc2ccccc2C1CO)C1CCOCC1. The summed E-state index contributed by atoms with van der Waals surface area (Å²) in [6.07, 6.45) is 2.83. The molecule has 2 amide bonds. The number of urea groups is 1. The van der Waals surface area contributed by atoms with E-state index < -0.39 is 0 Å². The average molecular weight is 318 g/mol. The van der Waals surface area contributed by atoms with E-state index in [0.717, 1.165) is 38.0 Å². The molecule has 2 heterocycles. The highest BCUT2D eigenvalue weighted by Gasteiger charge is 2.31. The number of aliphatic hydroxyl groups is 1. The highest BCUT2D eigenvalue weighted by Crippen LogP contribution is 2.29. The number of nitrogens with zero attached hydrogens (tertiary/aromatic N) is 1. The molecule has 0 spiro atoms. The molecule has 1 fully saturated rings. The minimum Gasteiger partial charge on any atom is -0.394 e. The van der Waals surface area contributed by atoms with Crippen molar-refractivity contribution in [1.29, 1.82) is 0 Å². The summed E-state index contributed by atoms with van der Waals surface area (Å²) in [6.45, 7) is 4.23. The summed E-state index contributed by atoms with van der Waals surface area (Å²) in [5, 5.41) is 12.9. The molecule has 2 aliphatic heterocycles. The van der Waals surface area contributed by atoms with E-state index in [1.54, 1.807) is 4.90 Å². The Bertz CT molecular complexity index is 543. The monoisotopic (exact) mass is 318 g/mol. The van der Waals surface area contributed by atoms with E-state index in [0.29, 0.717) is 12.5 Å². The van der Waals surface area contributed by atoms with Crippen LogP contribution in [0.25, 0.3) is 0 Å². The van der Waals surface area contributed by atoms with Gasteiger partial charge in [0.2, 0.25) is 0 Å². The Morgan fingerprint density at radius 2 is 2.13 bits per heavy atom. The van der Waals surface area contributed by atoms with Crippen LogP contribution in [0.1, 0.15) is 36.9 Å². The van der Waals surface area contributed by atoms with Crippen molar-refractivity contribution in [3.8, 4) is 0 Å². The third kappa shape index (κ3) is 3.51. The highest BCUT2D eigenvalue weighted by atomic mass is 16.5. The Kier molecular flexibility index (Phi) is 5.18. The lowest BCUT2D eigenvalue weighted by Crippen LogP contribution is -2.51. The third-order valence-corrected chi connectivity index (χ3v) is 5.17. The van der Waals surface area contributed by atoms with Crippen LogP contribution in [-0.4, -0.2) is 48.4 Å². The van der Waals surface area contributed by atoms with Crippen LogP contribution < -0.4 is 5.32 Å². The zero-order valence-electron chi connectivity index (χ0n) is 13.7. The first-order valence-electron chi connectivity index (χ1n) is 8.54. The molecule has 0 radical (unpaired) electrons. The Labute approximate surface area is 137 Å². The molecule has 23 heavy (non-hydrogen) atoms. The van der Waals surface area contributed by atoms with Gasteiger partial charge in [0.25, 0.3) is 0 Å². The van der Waals surface area contributed by atoms with Gasteiger partial charge >= 0.3 is 6.03 Å². The van der Waals surface area contributed by atoms with Gasteiger partial charge in [0, 0.05) is 25.8 Å². The molecule has 5 heteroatoms. The summed E-state index contributed by atoms with van der Waals surface area (Å²) < 4.78 is 5.39. The van der Waals surface area contributed by atoms with Gasteiger partial charge in [0.05, 0.1) is 12.6 Å². The van der Waals surface area contributed by atoms with Gasteiger partial charge in [-0.05, 0) is 43.2 Å². The quantitative estimate of drug-likeness (QED) is 0.897. The van der Waals surface area contributed by atoms with Gasteiger partial charge in [0.15, 0.2) is 0 Å². The summed E-state index contributed by atoms with van der Waals surface area (Å²) in [5.41, 5.74) is 2.29. The van der Waals surface area contributed by atoms with Gasteiger partial charge in [-0.15, -0.1) is 0 Å². The molecule has 3 rings (SSSR count). The number of carbonyl (C=O) groups excluding carboxylic acids is 1. The molecule has 2 atom stereocenters. The standard InChI is InChI=1S/C18H26N2O3/c1-13(14-7-10-23-11-8-14)19-18(22)20-9-6-15-4-2-3-5-16(15)17(20)12-21/h2-5,13-14,17,21H,6-12H2,1H3,(H,19,22). The summed E-state index contributed by atoms with van der Waals surface area (Å²) in [6, 6.07) is 7.88. The van der Waals surface area contributed by atoms with Crippen LogP contribution in [0.15, 0.2) is 24.3 Å². The second kappa shape index (κ2) is 7.32. The maximum Gasteiger partial charge on any atom is 0.318 e. The summed E-state index contributed by atoms with van der Waals surface area (Å²) >= 11 is 0. The van der Waals surface area contributed by atoms with Crippen molar-refractivity contribution >= 4 is 6.03 Å². The van der Waals surface area contributed by atoms with Crippen molar-refractivity contribution in [3.05, 3.63) is 35.4 Å². The fraction of sp³-hybridized carbons (Fsp3) is 0.611. The molecule has 1 aromatic carbocycles. The lowest BCUT2D eigenvalue weighted by Gasteiger charge is -2.38. The molecular formula is C18H26N2O3. The molecule has 0 saturated carbocycles. The van der Waals surface area contributed by atoms with Gasteiger partial charge in [-0.1, -0.05) is 24.3 Å². The van der Waals surface area contributed by atoms with E-state index in [4.69, 9.17) is 4.74 Å². The van der Waals surface area contributed by atoms with E-state index in [-0.39, 0.29) is 24.7 Å².